The molecule has 2 aromatic carbocycles. The average Bonchev–Trinajstić information content (AvgIpc) is 3.06. The van der Waals surface area contributed by atoms with Gasteiger partial charge in [0.2, 0.25) is 0 Å². The summed E-state index contributed by atoms with van der Waals surface area (Å²) in [7, 11) is 3.88. The Bertz CT molecular complexity index is 1360. The number of carbonyl (C=O) groups is 1. The third kappa shape index (κ3) is 4.66. The molecule has 0 bridgehead atoms. The van der Waals surface area contributed by atoms with E-state index >= 15 is 0 Å². The van der Waals surface area contributed by atoms with Crippen LogP contribution >= 0.6 is 15.9 Å². The predicted molar refractivity (Wildman–Crippen MR) is 129 cm³/mol. The summed E-state index contributed by atoms with van der Waals surface area (Å²) in [5.74, 6) is -0.672. The number of pyridine rings is 1. The Labute approximate surface area is 193 Å². The molecule has 0 fully saturated rings. The van der Waals surface area contributed by atoms with Gasteiger partial charge in [-0.25, -0.2) is 4.79 Å². The highest BCUT2D eigenvalue weighted by Crippen LogP contribution is 2.24. The Morgan fingerprint density at radius 2 is 1.97 bits per heavy atom. The van der Waals surface area contributed by atoms with E-state index in [9.17, 15) is 9.59 Å². The Hall–Kier alpha value is -3.23. The lowest BCUT2D eigenvalue weighted by Crippen LogP contribution is -2.23. The number of amides is 1. The number of hydrogen-bond acceptors (Lipinski definition) is 5. The van der Waals surface area contributed by atoms with E-state index in [1.807, 2.05) is 56.3 Å². The highest BCUT2D eigenvalue weighted by atomic mass is 79.9. The smallest absolute Gasteiger partial charge is 0.408 e. The van der Waals surface area contributed by atoms with Gasteiger partial charge in [-0.3, -0.25) is 14.3 Å². The number of anilines is 1. The number of carbonyl (C=O) groups excluding carboxylic acids is 1. The maximum atomic E-state index is 12.9. The largest absolute Gasteiger partial charge is 0.419 e. The van der Waals surface area contributed by atoms with Gasteiger partial charge in [-0.1, -0.05) is 28.1 Å². The molecule has 164 valence electrons. The minimum atomic E-state index is -0.409. The number of benzene rings is 2. The normalized spacial score (nSPS) is 11.3. The number of aromatic nitrogens is 2. The lowest BCUT2D eigenvalue weighted by atomic mass is 10.1. The van der Waals surface area contributed by atoms with Gasteiger partial charge in [-0.15, -0.1) is 0 Å². The third-order valence-electron chi connectivity index (χ3n) is 5.15. The lowest BCUT2D eigenvalue weighted by Gasteiger charge is -2.11. The summed E-state index contributed by atoms with van der Waals surface area (Å²) in [6.07, 6.45) is 0. The monoisotopic (exact) mass is 494 g/mol. The quantitative estimate of drug-likeness (QED) is 0.425. The van der Waals surface area contributed by atoms with Crippen molar-refractivity contribution in [2.75, 3.05) is 26.0 Å². The van der Waals surface area contributed by atoms with Crippen LogP contribution in [0.5, 0.6) is 0 Å². The van der Waals surface area contributed by atoms with Gasteiger partial charge >= 0.3 is 5.76 Å². The molecule has 8 heteroatoms. The topological polar surface area (TPSA) is 80.4 Å². The zero-order valence-corrected chi connectivity index (χ0v) is 19.6. The first-order chi connectivity index (χ1) is 15.3. The van der Waals surface area contributed by atoms with Crippen molar-refractivity contribution in [3.8, 4) is 11.3 Å². The molecular formula is C24H23BrN4O3. The Kier molecular flexibility index (Phi) is 6.25. The van der Waals surface area contributed by atoms with Gasteiger partial charge in [0.05, 0.1) is 22.5 Å². The number of nitrogens with one attached hydrogen (secondary N) is 1. The molecule has 1 N–H and O–H groups in total. The molecule has 32 heavy (non-hydrogen) atoms. The molecule has 1 amide bonds. The number of aryl methyl sites for hydroxylation is 1. The first-order valence-electron chi connectivity index (χ1n) is 10.1. The summed E-state index contributed by atoms with van der Waals surface area (Å²) in [5, 5.41) is 2.91. The van der Waals surface area contributed by atoms with Crippen LogP contribution in [0.1, 0.15) is 16.1 Å². The minimum absolute atomic E-state index is 0.263. The van der Waals surface area contributed by atoms with Crippen LogP contribution in [0.25, 0.3) is 22.4 Å². The Morgan fingerprint density at radius 1 is 1.16 bits per heavy atom. The molecule has 0 radical (unpaired) electrons. The van der Waals surface area contributed by atoms with Crippen LogP contribution in [0.15, 0.2) is 68.3 Å². The average molecular weight is 495 g/mol. The van der Waals surface area contributed by atoms with Crippen LogP contribution in [-0.2, 0) is 6.54 Å². The van der Waals surface area contributed by atoms with Crippen molar-refractivity contribution in [1.82, 2.24) is 14.5 Å². The van der Waals surface area contributed by atoms with Gasteiger partial charge in [-0.2, -0.15) is 0 Å². The van der Waals surface area contributed by atoms with Gasteiger partial charge < -0.3 is 14.6 Å². The molecule has 2 heterocycles. The van der Waals surface area contributed by atoms with Crippen LogP contribution in [-0.4, -0.2) is 41.0 Å². The number of fused-ring (bicyclic) bond motifs is 1. The van der Waals surface area contributed by atoms with E-state index < -0.39 is 5.76 Å². The molecular weight excluding hydrogens is 472 g/mol. The van der Waals surface area contributed by atoms with E-state index in [2.05, 4.69) is 26.2 Å². The second-order valence-corrected chi connectivity index (χ2v) is 8.71. The van der Waals surface area contributed by atoms with Crippen LogP contribution in [0.3, 0.4) is 0 Å². The van der Waals surface area contributed by atoms with Crippen LogP contribution in [0.4, 0.5) is 5.69 Å². The van der Waals surface area contributed by atoms with Gasteiger partial charge in [0.15, 0.2) is 5.58 Å². The van der Waals surface area contributed by atoms with Crippen LogP contribution in [0, 0.1) is 6.92 Å². The number of nitrogens with zero attached hydrogens (tertiary/aromatic N) is 3. The molecule has 0 aliphatic heterocycles. The van der Waals surface area contributed by atoms with Crippen molar-refractivity contribution in [2.45, 2.75) is 13.5 Å². The van der Waals surface area contributed by atoms with E-state index in [0.29, 0.717) is 41.1 Å². The molecule has 4 aromatic rings. The molecule has 0 aliphatic rings. The van der Waals surface area contributed by atoms with E-state index in [0.717, 1.165) is 15.7 Å². The SMILES string of the molecule is Cc1nc(-c2cccc(Br)c2)ccc1C(=O)Nc1ccc2oc(=O)n(CCN(C)C)c2c1. The summed E-state index contributed by atoms with van der Waals surface area (Å²) >= 11 is 3.47. The fraction of sp³-hybridized carbons (Fsp3) is 0.208. The molecule has 4 rings (SSSR count). The predicted octanol–water partition coefficient (Wildman–Crippen LogP) is 4.54. The highest BCUT2D eigenvalue weighted by Gasteiger charge is 2.14. The zero-order chi connectivity index (χ0) is 22.8. The van der Waals surface area contributed by atoms with Crippen molar-refractivity contribution in [2.24, 2.45) is 0 Å². The maximum absolute atomic E-state index is 12.9. The summed E-state index contributed by atoms with van der Waals surface area (Å²) < 4.78 is 7.86. The van der Waals surface area contributed by atoms with E-state index in [-0.39, 0.29) is 5.91 Å². The zero-order valence-electron chi connectivity index (χ0n) is 18.1. The van der Waals surface area contributed by atoms with Crippen molar-refractivity contribution < 1.29 is 9.21 Å². The standard InChI is InChI=1S/C24H23BrN4O3/c1-15-19(8-9-20(26-15)16-5-4-6-17(25)13-16)23(30)27-18-7-10-22-21(14-18)29(24(31)32-22)12-11-28(2)3/h4-10,13-14H,11-12H2,1-3H3,(H,27,30). The van der Waals surface area contributed by atoms with Crippen molar-refractivity contribution in [3.63, 3.8) is 0 Å². The first kappa shape index (κ1) is 22.0. The highest BCUT2D eigenvalue weighted by molar-refractivity contribution is 9.10. The summed E-state index contributed by atoms with van der Waals surface area (Å²) in [6.45, 7) is 3.01. The maximum Gasteiger partial charge on any atom is 0.419 e. The molecule has 0 aliphatic carbocycles. The van der Waals surface area contributed by atoms with Gasteiger partial charge in [0.25, 0.3) is 5.91 Å². The van der Waals surface area contributed by atoms with Crippen LogP contribution < -0.4 is 11.1 Å². The van der Waals surface area contributed by atoms with E-state index in [4.69, 9.17) is 4.42 Å². The number of rotatable bonds is 6. The summed E-state index contributed by atoms with van der Waals surface area (Å²) in [6, 6.07) is 16.6. The molecule has 0 saturated carbocycles. The van der Waals surface area contributed by atoms with Crippen LogP contribution in [0.2, 0.25) is 0 Å². The number of oxazole rings is 1. The fourth-order valence-corrected chi connectivity index (χ4v) is 3.86. The van der Waals surface area contributed by atoms with Gasteiger partial charge in [0, 0.05) is 28.8 Å². The van der Waals surface area contributed by atoms with E-state index in [1.165, 1.54) is 0 Å². The summed E-state index contributed by atoms with van der Waals surface area (Å²) in [5.41, 5.74) is 4.60. The first-order valence-corrected chi connectivity index (χ1v) is 10.9. The fourth-order valence-electron chi connectivity index (χ4n) is 3.46. The van der Waals surface area contributed by atoms with Gasteiger partial charge in [-0.05, 0) is 63.5 Å². The Morgan fingerprint density at radius 3 is 2.69 bits per heavy atom. The second kappa shape index (κ2) is 9.10. The molecule has 7 nitrogen and oxygen atoms in total. The van der Waals surface area contributed by atoms with Crippen molar-refractivity contribution in [3.05, 3.63) is 80.9 Å². The molecule has 0 atom stereocenters. The van der Waals surface area contributed by atoms with Crippen molar-refractivity contribution in [1.29, 1.82) is 0 Å². The van der Waals surface area contributed by atoms with Crippen molar-refractivity contribution >= 4 is 38.6 Å². The molecule has 0 spiro atoms. The number of hydrogen-bond donors (Lipinski definition) is 1. The molecule has 0 unspecified atom stereocenters. The third-order valence-corrected chi connectivity index (χ3v) is 5.64. The number of halogens is 1. The van der Waals surface area contributed by atoms with Gasteiger partial charge in [0.1, 0.15) is 0 Å². The second-order valence-electron chi connectivity index (χ2n) is 7.80. The lowest BCUT2D eigenvalue weighted by molar-refractivity contribution is 0.102. The molecule has 2 aromatic heterocycles. The number of likely N-dealkylation sites (N-methyl/N-ethyl adjacent to an activating group) is 1. The minimum Gasteiger partial charge on any atom is -0.408 e. The Balaban J connectivity index is 1.58. The van der Waals surface area contributed by atoms with E-state index in [1.54, 1.807) is 28.8 Å². The molecule has 0 saturated heterocycles. The summed E-state index contributed by atoms with van der Waals surface area (Å²) in [4.78, 5) is 31.7.